The lowest BCUT2D eigenvalue weighted by Crippen LogP contribution is -2.48. The molecule has 1 aromatic heterocycles. The lowest BCUT2D eigenvalue weighted by atomic mass is 10.1. The van der Waals surface area contributed by atoms with Crippen LogP contribution < -0.4 is 9.47 Å². The molecule has 0 saturated heterocycles. The summed E-state index contributed by atoms with van der Waals surface area (Å²) >= 11 is 3.82. The van der Waals surface area contributed by atoms with E-state index in [9.17, 15) is 0 Å². The van der Waals surface area contributed by atoms with E-state index in [2.05, 4.69) is 142 Å². The van der Waals surface area contributed by atoms with Crippen molar-refractivity contribution in [2.24, 2.45) is 0 Å². The van der Waals surface area contributed by atoms with E-state index in [0.29, 0.717) is 0 Å². The van der Waals surface area contributed by atoms with Crippen molar-refractivity contribution in [3.8, 4) is 0 Å². The fourth-order valence-corrected chi connectivity index (χ4v) is 11.3. The first-order valence-electron chi connectivity index (χ1n) is 24.3. The predicted molar refractivity (Wildman–Crippen MR) is 264 cm³/mol. The van der Waals surface area contributed by atoms with Crippen LogP contribution >= 0.6 is 23.1 Å². The van der Waals surface area contributed by atoms with Crippen molar-refractivity contribution < 1.29 is 13.5 Å². The molecule has 3 aromatic rings. The Morgan fingerprint density at radius 3 is 1.63 bits per heavy atom. The van der Waals surface area contributed by atoms with Crippen molar-refractivity contribution >= 4 is 45.1 Å². The number of hydrogen-bond acceptors (Lipinski definition) is 3. The maximum absolute atomic E-state index is 2.55. The molecule has 1 aliphatic rings. The van der Waals surface area contributed by atoms with Gasteiger partial charge in [0.05, 0.1) is 63.1 Å². The average molecular weight is 842 g/mol. The van der Waals surface area contributed by atoms with Gasteiger partial charge in [-0.05, 0) is 104 Å². The van der Waals surface area contributed by atoms with Crippen molar-refractivity contribution in [3.63, 3.8) is 0 Å². The second-order valence-electron chi connectivity index (χ2n) is 17.1. The van der Waals surface area contributed by atoms with E-state index in [-0.39, 0.29) is 0 Å². The first-order valence-corrected chi connectivity index (χ1v) is 26.0. The number of anilines is 1. The van der Waals surface area contributed by atoms with E-state index in [0.717, 1.165) is 13.1 Å². The molecule has 0 spiro atoms. The van der Waals surface area contributed by atoms with Crippen molar-refractivity contribution in [2.75, 3.05) is 63.8 Å². The van der Waals surface area contributed by atoms with Gasteiger partial charge in [0.2, 0.25) is 5.52 Å². The number of unbranched alkanes of at least 4 members (excludes halogenated alkanes) is 14. The molecular weight excluding hydrogens is 757 g/mol. The number of benzene rings is 2. The normalized spacial score (nSPS) is 14.4. The van der Waals surface area contributed by atoms with Crippen LogP contribution in [0, 0.1) is 0 Å². The highest BCUT2D eigenvalue weighted by Gasteiger charge is 2.24. The minimum atomic E-state index is 1.10. The summed E-state index contributed by atoms with van der Waals surface area (Å²) in [4.78, 5) is 3.92. The largest absolute Gasteiger partial charge is 0.335 e. The number of thiazole rings is 1. The lowest BCUT2D eigenvalue weighted by Gasteiger charge is -2.35. The highest BCUT2D eigenvalue weighted by Crippen LogP contribution is 2.45. The first kappa shape index (κ1) is 49.0. The van der Waals surface area contributed by atoms with E-state index in [1.165, 1.54) is 195 Å². The number of aromatic nitrogens is 1. The van der Waals surface area contributed by atoms with Crippen LogP contribution in [-0.4, -0.2) is 67.9 Å². The summed E-state index contributed by atoms with van der Waals surface area (Å²) in [5.74, 6) is 0. The van der Waals surface area contributed by atoms with E-state index < -0.39 is 0 Å². The number of aryl methyl sites for hydroxylation is 1. The number of allylic oxidation sites excluding steroid dienone is 6. The zero-order valence-corrected chi connectivity index (χ0v) is 40.3. The van der Waals surface area contributed by atoms with Gasteiger partial charge in [-0.3, -0.25) is 0 Å². The highest BCUT2D eigenvalue weighted by atomic mass is 32.2. The summed E-state index contributed by atoms with van der Waals surface area (Å²) in [6, 6.07) is 17.8. The highest BCUT2D eigenvalue weighted by molar-refractivity contribution is 8.03. The van der Waals surface area contributed by atoms with Crippen molar-refractivity contribution in [2.45, 2.75) is 156 Å². The standard InChI is InChI=1S/C53H85N4S2/c1-7-56(8-2,9-3)46-36-26-19-15-13-17-24-34-44-54-48-38-30-32-40-50(48)58-52(54)42-28-22-21-23-29-43-53-55(49-39-31-33-41-51(49)59-53)45-35-25-18-14-16-20-27-37-47-57(10-4,11-5)12-6/h21-23,28-33,38-43H,7-20,24-27,34-37,44-47H2,1-6H3/q+3. The quantitative estimate of drug-likeness (QED) is 0.0268. The molecule has 1 aliphatic heterocycles. The Balaban J connectivity index is 1.17. The van der Waals surface area contributed by atoms with Gasteiger partial charge in [-0.2, -0.15) is 4.57 Å². The second kappa shape index (κ2) is 28.1. The summed E-state index contributed by atoms with van der Waals surface area (Å²) < 4.78 is 6.52. The maximum atomic E-state index is 2.55. The minimum Gasteiger partial charge on any atom is -0.335 e. The summed E-state index contributed by atoms with van der Waals surface area (Å²) in [6.45, 7) is 26.8. The molecule has 0 radical (unpaired) electrons. The van der Waals surface area contributed by atoms with Crippen molar-refractivity contribution in [1.29, 1.82) is 0 Å². The van der Waals surface area contributed by atoms with Crippen LogP contribution in [0.4, 0.5) is 5.69 Å². The van der Waals surface area contributed by atoms with Crippen LogP contribution in [0.1, 0.15) is 149 Å². The lowest BCUT2D eigenvalue weighted by molar-refractivity contribution is -0.923. The molecule has 326 valence electrons. The summed E-state index contributed by atoms with van der Waals surface area (Å²) in [5, 5.41) is 2.69. The Labute approximate surface area is 371 Å². The zero-order chi connectivity index (χ0) is 42.0. The third-order valence-electron chi connectivity index (χ3n) is 13.7. The molecule has 0 atom stereocenters. The van der Waals surface area contributed by atoms with Gasteiger partial charge in [0.15, 0.2) is 6.54 Å². The Morgan fingerprint density at radius 1 is 0.525 bits per heavy atom. The topological polar surface area (TPSA) is 7.12 Å². The van der Waals surface area contributed by atoms with Gasteiger partial charge in [-0.25, -0.2) is 0 Å². The molecule has 4 rings (SSSR count). The summed E-state index contributed by atoms with van der Waals surface area (Å²) in [7, 11) is 0. The molecule has 2 heterocycles. The number of fused-ring (bicyclic) bond motifs is 2. The summed E-state index contributed by atoms with van der Waals surface area (Å²) in [6.07, 6.45) is 37.4. The van der Waals surface area contributed by atoms with Crippen LogP contribution in [0.2, 0.25) is 0 Å². The minimum absolute atomic E-state index is 1.10. The van der Waals surface area contributed by atoms with Gasteiger partial charge < -0.3 is 13.9 Å². The molecule has 0 aliphatic carbocycles. The van der Waals surface area contributed by atoms with Gasteiger partial charge >= 0.3 is 0 Å². The molecule has 4 nitrogen and oxygen atoms in total. The number of quaternary nitrogens is 2. The van der Waals surface area contributed by atoms with Crippen LogP contribution in [-0.2, 0) is 6.54 Å². The third kappa shape index (κ3) is 16.0. The van der Waals surface area contributed by atoms with Gasteiger partial charge in [-0.15, -0.1) is 0 Å². The van der Waals surface area contributed by atoms with Gasteiger partial charge in [0.25, 0.3) is 5.01 Å². The molecule has 0 N–H and O–H groups in total. The maximum Gasteiger partial charge on any atom is 0.262 e. The van der Waals surface area contributed by atoms with Crippen LogP contribution in [0.25, 0.3) is 16.3 Å². The molecule has 59 heavy (non-hydrogen) atoms. The first-order chi connectivity index (χ1) is 29.0. The van der Waals surface area contributed by atoms with Crippen molar-refractivity contribution in [1.82, 2.24) is 0 Å². The Kier molecular flexibility index (Phi) is 23.3. The summed E-state index contributed by atoms with van der Waals surface area (Å²) in [5.41, 5.74) is 2.74. The molecule has 0 fully saturated rings. The van der Waals surface area contributed by atoms with E-state index in [1.54, 1.807) is 0 Å². The molecule has 0 amide bonds. The van der Waals surface area contributed by atoms with Crippen LogP contribution in [0.15, 0.2) is 94.9 Å². The number of rotatable bonds is 32. The molecule has 6 heteroatoms. The number of thioether (sulfide) groups is 1. The molecule has 0 unspecified atom stereocenters. The zero-order valence-electron chi connectivity index (χ0n) is 38.7. The fourth-order valence-electron chi connectivity index (χ4n) is 9.13. The van der Waals surface area contributed by atoms with Gasteiger partial charge in [0.1, 0.15) is 4.70 Å². The number of hydrogen-bond donors (Lipinski definition) is 0. The Hall–Kier alpha value is -2.64. The molecule has 0 saturated carbocycles. The van der Waals surface area contributed by atoms with Crippen LogP contribution in [0.5, 0.6) is 0 Å². The van der Waals surface area contributed by atoms with Crippen LogP contribution in [0.3, 0.4) is 0 Å². The monoisotopic (exact) mass is 842 g/mol. The second-order valence-corrected chi connectivity index (χ2v) is 19.2. The molecular formula is C53H85N4S2+3. The Bertz CT molecular complexity index is 1690. The van der Waals surface area contributed by atoms with Crippen molar-refractivity contribution in [3.05, 3.63) is 95.0 Å². The number of nitrogens with zero attached hydrogens (tertiary/aromatic N) is 4. The number of para-hydroxylation sites is 2. The smallest absolute Gasteiger partial charge is 0.262 e. The molecule has 0 bridgehead atoms. The van der Waals surface area contributed by atoms with E-state index >= 15 is 0 Å². The average Bonchev–Trinajstić information content (AvgIpc) is 3.81. The Morgan fingerprint density at radius 2 is 1.02 bits per heavy atom. The van der Waals surface area contributed by atoms with E-state index in [4.69, 9.17) is 0 Å². The predicted octanol–water partition coefficient (Wildman–Crippen LogP) is 14.8. The van der Waals surface area contributed by atoms with Gasteiger partial charge in [-0.1, -0.05) is 136 Å². The fraction of sp³-hybridized carbons (Fsp3) is 0.604. The third-order valence-corrected chi connectivity index (χ3v) is 16.0. The van der Waals surface area contributed by atoms with Gasteiger partial charge in [0, 0.05) is 30.0 Å². The molecule has 2 aromatic carbocycles. The SMILES string of the molecule is CC[N+](CC)(CC)CCCCCCCCCCN1C(=CC=CC=CC=Cc2sc3ccccc3[n+]2CCCCCCCCCC[N+](CC)(CC)CC)Sc2ccccc21. The van der Waals surface area contributed by atoms with E-state index in [1.807, 2.05) is 23.1 Å².